The van der Waals surface area contributed by atoms with E-state index in [4.69, 9.17) is 0 Å². The normalized spacial score (nSPS) is 18.4. The summed E-state index contributed by atoms with van der Waals surface area (Å²) in [5.74, 6) is -0.180. The second kappa shape index (κ2) is 6.52. The van der Waals surface area contributed by atoms with E-state index < -0.39 is 0 Å². The fourth-order valence-corrected chi connectivity index (χ4v) is 2.00. The van der Waals surface area contributed by atoms with E-state index in [0.717, 1.165) is 38.3 Å². The quantitative estimate of drug-likeness (QED) is 0.862. The van der Waals surface area contributed by atoms with Gasteiger partial charge in [-0.25, -0.2) is 4.39 Å². The minimum absolute atomic E-state index is 0.180. The third kappa shape index (κ3) is 4.29. The van der Waals surface area contributed by atoms with Crippen molar-refractivity contribution in [2.45, 2.75) is 6.42 Å². The Morgan fingerprint density at radius 1 is 1.18 bits per heavy atom. The van der Waals surface area contributed by atoms with E-state index >= 15 is 0 Å². The van der Waals surface area contributed by atoms with Crippen molar-refractivity contribution in [1.82, 2.24) is 10.2 Å². The number of rotatable bonds is 3. The Morgan fingerprint density at radius 2 is 2.00 bits per heavy atom. The minimum Gasteiger partial charge on any atom is -0.315 e. The number of benzene rings is 1. The number of halogens is 1. The molecule has 2 rings (SSSR count). The molecule has 0 saturated carbocycles. The van der Waals surface area contributed by atoms with Gasteiger partial charge in [0.2, 0.25) is 0 Å². The van der Waals surface area contributed by atoms with Crippen molar-refractivity contribution in [3.8, 4) is 0 Å². The predicted octanol–water partition coefficient (Wildman–Crippen LogP) is 2.13. The summed E-state index contributed by atoms with van der Waals surface area (Å²) < 4.78 is 12.7. The van der Waals surface area contributed by atoms with E-state index in [1.165, 1.54) is 18.6 Å². The molecule has 0 aromatic heterocycles. The van der Waals surface area contributed by atoms with Crippen LogP contribution in [-0.2, 0) is 0 Å². The van der Waals surface area contributed by atoms with Gasteiger partial charge in [0.15, 0.2) is 0 Å². The van der Waals surface area contributed by atoms with Gasteiger partial charge >= 0.3 is 0 Å². The Hall–Kier alpha value is -1.19. The van der Waals surface area contributed by atoms with Crippen molar-refractivity contribution >= 4 is 6.08 Å². The van der Waals surface area contributed by atoms with Gasteiger partial charge in [0.25, 0.3) is 0 Å². The lowest BCUT2D eigenvalue weighted by atomic mass is 10.2. The highest BCUT2D eigenvalue weighted by molar-refractivity contribution is 5.48. The van der Waals surface area contributed by atoms with Gasteiger partial charge in [-0.05, 0) is 37.2 Å². The van der Waals surface area contributed by atoms with E-state index in [2.05, 4.69) is 22.4 Å². The Morgan fingerprint density at radius 3 is 2.82 bits per heavy atom. The molecule has 0 amide bonds. The zero-order valence-corrected chi connectivity index (χ0v) is 10.0. The van der Waals surface area contributed by atoms with Gasteiger partial charge < -0.3 is 5.32 Å². The van der Waals surface area contributed by atoms with Crippen molar-refractivity contribution < 1.29 is 4.39 Å². The van der Waals surface area contributed by atoms with E-state index in [-0.39, 0.29) is 5.82 Å². The predicted molar refractivity (Wildman–Crippen MR) is 69.4 cm³/mol. The molecule has 1 aromatic carbocycles. The number of nitrogens with one attached hydrogen (secondary N) is 1. The molecule has 92 valence electrons. The second-order valence-corrected chi connectivity index (χ2v) is 4.36. The molecule has 1 saturated heterocycles. The van der Waals surface area contributed by atoms with Gasteiger partial charge in [0.1, 0.15) is 5.82 Å². The molecule has 1 aromatic rings. The number of hydrogen-bond donors (Lipinski definition) is 1. The van der Waals surface area contributed by atoms with Gasteiger partial charge in [0.05, 0.1) is 0 Å². The Balaban J connectivity index is 1.82. The molecule has 0 bridgehead atoms. The maximum atomic E-state index is 12.7. The summed E-state index contributed by atoms with van der Waals surface area (Å²) >= 11 is 0. The van der Waals surface area contributed by atoms with Crippen LogP contribution in [-0.4, -0.2) is 37.6 Å². The molecule has 0 radical (unpaired) electrons. The van der Waals surface area contributed by atoms with Crippen LogP contribution in [0.5, 0.6) is 0 Å². The molecule has 1 N–H and O–H groups in total. The molecular formula is C14H19FN2. The SMILES string of the molecule is Fc1ccc(/C=C/CN2CCCNCC2)cc1. The Kier molecular flexibility index (Phi) is 4.71. The van der Waals surface area contributed by atoms with Gasteiger partial charge in [-0.1, -0.05) is 24.3 Å². The standard InChI is InChI=1S/C14H19FN2/c15-14-6-4-13(5-7-14)3-1-10-17-11-2-8-16-9-12-17/h1,3-7,16H,2,8-12H2/b3-1+. The molecular weight excluding hydrogens is 215 g/mol. The van der Waals surface area contributed by atoms with Crippen LogP contribution in [0.2, 0.25) is 0 Å². The third-order valence-corrected chi connectivity index (χ3v) is 2.98. The van der Waals surface area contributed by atoms with E-state index in [1.54, 1.807) is 12.1 Å². The molecule has 0 aliphatic carbocycles. The van der Waals surface area contributed by atoms with Crippen LogP contribution in [0.25, 0.3) is 6.08 Å². The first-order valence-corrected chi connectivity index (χ1v) is 6.20. The van der Waals surface area contributed by atoms with Gasteiger partial charge in [-0.15, -0.1) is 0 Å². The first-order chi connectivity index (χ1) is 8.34. The van der Waals surface area contributed by atoms with E-state index in [9.17, 15) is 4.39 Å². The van der Waals surface area contributed by atoms with Gasteiger partial charge in [0, 0.05) is 19.6 Å². The lowest BCUT2D eigenvalue weighted by Crippen LogP contribution is -2.28. The molecule has 0 spiro atoms. The smallest absolute Gasteiger partial charge is 0.123 e. The van der Waals surface area contributed by atoms with E-state index in [1.807, 2.05) is 0 Å². The highest BCUT2D eigenvalue weighted by Gasteiger charge is 2.05. The van der Waals surface area contributed by atoms with Gasteiger partial charge in [-0.2, -0.15) is 0 Å². The Bertz CT molecular complexity index is 351. The summed E-state index contributed by atoms with van der Waals surface area (Å²) in [6.45, 7) is 5.43. The van der Waals surface area contributed by atoms with Crippen LogP contribution in [0.3, 0.4) is 0 Å². The van der Waals surface area contributed by atoms with Crippen molar-refractivity contribution in [3.05, 3.63) is 41.7 Å². The van der Waals surface area contributed by atoms with Crippen LogP contribution in [0.1, 0.15) is 12.0 Å². The van der Waals surface area contributed by atoms with E-state index in [0.29, 0.717) is 0 Å². The fraction of sp³-hybridized carbons (Fsp3) is 0.429. The maximum absolute atomic E-state index is 12.7. The topological polar surface area (TPSA) is 15.3 Å². The zero-order chi connectivity index (χ0) is 11.9. The lowest BCUT2D eigenvalue weighted by Gasteiger charge is -2.16. The third-order valence-electron chi connectivity index (χ3n) is 2.98. The molecule has 3 heteroatoms. The maximum Gasteiger partial charge on any atom is 0.123 e. The molecule has 2 nitrogen and oxygen atoms in total. The van der Waals surface area contributed by atoms with Gasteiger partial charge in [-0.3, -0.25) is 4.90 Å². The summed E-state index contributed by atoms with van der Waals surface area (Å²) in [7, 11) is 0. The zero-order valence-electron chi connectivity index (χ0n) is 10.0. The fourth-order valence-electron chi connectivity index (χ4n) is 2.00. The van der Waals surface area contributed by atoms with Crippen molar-refractivity contribution in [2.75, 3.05) is 32.7 Å². The largest absolute Gasteiger partial charge is 0.315 e. The van der Waals surface area contributed by atoms with Crippen LogP contribution in [0.4, 0.5) is 4.39 Å². The van der Waals surface area contributed by atoms with Crippen molar-refractivity contribution in [3.63, 3.8) is 0 Å². The monoisotopic (exact) mass is 234 g/mol. The minimum atomic E-state index is -0.180. The molecule has 1 aliphatic rings. The average Bonchev–Trinajstić information content (AvgIpc) is 2.60. The highest BCUT2D eigenvalue weighted by atomic mass is 19.1. The summed E-state index contributed by atoms with van der Waals surface area (Å²) in [4.78, 5) is 2.43. The first-order valence-electron chi connectivity index (χ1n) is 6.20. The summed E-state index contributed by atoms with van der Waals surface area (Å²) in [6, 6.07) is 6.59. The van der Waals surface area contributed by atoms with Crippen LogP contribution >= 0.6 is 0 Å². The van der Waals surface area contributed by atoms with Crippen LogP contribution in [0, 0.1) is 5.82 Å². The first kappa shape index (κ1) is 12.3. The molecule has 1 aliphatic heterocycles. The number of hydrogen-bond acceptors (Lipinski definition) is 2. The molecule has 1 heterocycles. The average molecular weight is 234 g/mol. The summed E-state index contributed by atoms with van der Waals surface area (Å²) in [6.07, 6.45) is 5.42. The lowest BCUT2D eigenvalue weighted by molar-refractivity contribution is 0.324. The molecule has 0 unspecified atom stereocenters. The second-order valence-electron chi connectivity index (χ2n) is 4.36. The molecule has 1 fully saturated rings. The summed E-state index contributed by atoms with van der Waals surface area (Å²) in [5, 5.41) is 3.38. The number of nitrogens with zero attached hydrogens (tertiary/aromatic N) is 1. The van der Waals surface area contributed by atoms with Crippen molar-refractivity contribution in [1.29, 1.82) is 0 Å². The highest BCUT2D eigenvalue weighted by Crippen LogP contribution is 2.05. The van der Waals surface area contributed by atoms with Crippen LogP contribution in [0.15, 0.2) is 30.3 Å². The van der Waals surface area contributed by atoms with Crippen molar-refractivity contribution in [2.24, 2.45) is 0 Å². The molecule has 0 atom stereocenters. The molecule has 17 heavy (non-hydrogen) atoms. The summed E-state index contributed by atoms with van der Waals surface area (Å²) in [5.41, 5.74) is 1.05. The van der Waals surface area contributed by atoms with Crippen LogP contribution < -0.4 is 5.32 Å². The Labute approximate surface area is 102 Å².